The van der Waals surface area contributed by atoms with Crippen LogP contribution in [0.2, 0.25) is 0 Å². The first-order valence-electron chi connectivity index (χ1n) is 4.88. The van der Waals surface area contributed by atoms with Gasteiger partial charge in [-0.05, 0) is 6.07 Å². The van der Waals surface area contributed by atoms with Crippen molar-refractivity contribution < 1.29 is 14.3 Å². The van der Waals surface area contributed by atoms with E-state index < -0.39 is 5.97 Å². The van der Waals surface area contributed by atoms with Crippen LogP contribution >= 0.6 is 0 Å². The lowest BCUT2D eigenvalue weighted by Gasteiger charge is -1.92. The van der Waals surface area contributed by atoms with Crippen LogP contribution < -0.4 is 5.56 Å². The van der Waals surface area contributed by atoms with Gasteiger partial charge in [-0.1, -0.05) is 0 Å². The second-order valence-corrected chi connectivity index (χ2v) is 3.34. The van der Waals surface area contributed by atoms with Gasteiger partial charge in [0.05, 0.1) is 12.0 Å². The van der Waals surface area contributed by atoms with Crippen molar-refractivity contribution in [2.75, 3.05) is 0 Å². The Kier molecular flexibility index (Phi) is 2.99. The van der Waals surface area contributed by atoms with Gasteiger partial charge in [-0.15, -0.1) is 10.2 Å². The van der Waals surface area contributed by atoms with Crippen LogP contribution in [0.1, 0.15) is 12.3 Å². The molecule has 7 heteroatoms. The molecule has 2 rings (SSSR count). The number of aryl methyl sites for hydroxylation is 1. The molecule has 0 spiro atoms. The summed E-state index contributed by atoms with van der Waals surface area (Å²) in [6.07, 6.45) is 1.58. The van der Waals surface area contributed by atoms with Crippen molar-refractivity contribution >= 4 is 5.97 Å². The highest BCUT2D eigenvalue weighted by Crippen LogP contribution is 2.15. The van der Waals surface area contributed by atoms with Gasteiger partial charge in [0, 0.05) is 18.7 Å². The number of nitrogens with one attached hydrogen (secondary N) is 1. The van der Waals surface area contributed by atoms with Gasteiger partial charge in [-0.25, -0.2) is 0 Å². The van der Waals surface area contributed by atoms with Crippen molar-refractivity contribution in [3.63, 3.8) is 0 Å². The molecule has 0 saturated carbocycles. The normalized spacial score (nSPS) is 10.4. The van der Waals surface area contributed by atoms with Crippen molar-refractivity contribution in [1.82, 2.24) is 15.2 Å². The summed E-state index contributed by atoms with van der Waals surface area (Å²) in [7, 11) is 0. The largest absolute Gasteiger partial charge is 0.481 e. The van der Waals surface area contributed by atoms with Crippen LogP contribution in [0.4, 0.5) is 0 Å². The summed E-state index contributed by atoms with van der Waals surface area (Å²) in [6.45, 7) is 0. The van der Waals surface area contributed by atoms with Gasteiger partial charge in [0.1, 0.15) is 0 Å². The standard InChI is InChI=1S/C10H9N3O4/c14-7-2-1-6(5-11-7)10-13-12-8(17-10)3-4-9(15)16/h1-2,5H,3-4H2,(H,11,14)(H,15,16). The third kappa shape index (κ3) is 2.77. The molecule has 0 radical (unpaired) electrons. The Bertz CT molecular complexity index is 567. The SMILES string of the molecule is O=C(O)CCc1nnc(-c2ccc(=O)[nH]c2)o1. The number of aliphatic carboxylic acids is 1. The van der Waals surface area contributed by atoms with E-state index in [0.717, 1.165) is 0 Å². The van der Waals surface area contributed by atoms with Crippen LogP contribution in [-0.2, 0) is 11.2 Å². The number of nitrogens with zero attached hydrogens (tertiary/aromatic N) is 2. The Morgan fingerprint density at radius 3 is 2.88 bits per heavy atom. The fourth-order valence-corrected chi connectivity index (χ4v) is 1.23. The highest BCUT2D eigenvalue weighted by Gasteiger charge is 2.09. The zero-order chi connectivity index (χ0) is 12.3. The number of aromatic amines is 1. The second-order valence-electron chi connectivity index (χ2n) is 3.34. The lowest BCUT2D eigenvalue weighted by molar-refractivity contribution is -0.137. The molecule has 7 nitrogen and oxygen atoms in total. The highest BCUT2D eigenvalue weighted by molar-refractivity contribution is 5.66. The molecule has 2 aromatic heterocycles. The van der Waals surface area contributed by atoms with Crippen LogP contribution in [-0.4, -0.2) is 26.3 Å². The molecule has 2 heterocycles. The number of carboxylic acid groups (broad SMARTS) is 1. The third-order valence-corrected chi connectivity index (χ3v) is 2.05. The summed E-state index contributed by atoms with van der Waals surface area (Å²) < 4.78 is 5.25. The molecule has 0 aromatic carbocycles. The number of hydrogen-bond donors (Lipinski definition) is 2. The van der Waals surface area contributed by atoms with Crippen molar-refractivity contribution in [2.24, 2.45) is 0 Å². The molecule has 2 aromatic rings. The average molecular weight is 235 g/mol. The predicted octanol–water partition coefficient (Wildman–Crippen LogP) is 0.442. The summed E-state index contributed by atoms with van der Waals surface area (Å²) in [5.41, 5.74) is 0.359. The fraction of sp³-hybridized carbons (Fsp3) is 0.200. The first-order chi connectivity index (χ1) is 8.15. The first-order valence-corrected chi connectivity index (χ1v) is 4.88. The topological polar surface area (TPSA) is 109 Å². The summed E-state index contributed by atoms with van der Waals surface area (Å²) in [6, 6.07) is 2.89. The van der Waals surface area contributed by atoms with Crippen molar-refractivity contribution in [1.29, 1.82) is 0 Å². The minimum atomic E-state index is -0.922. The van der Waals surface area contributed by atoms with Gasteiger partial charge >= 0.3 is 5.97 Å². The maximum Gasteiger partial charge on any atom is 0.303 e. The third-order valence-electron chi connectivity index (χ3n) is 2.05. The van der Waals surface area contributed by atoms with Crippen LogP contribution in [0.3, 0.4) is 0 Å². The molecule has 17 heavy (non-hydrogen) atoms. The summed E-state index contributed by atoms with van der Waals surface area (Å²) in [5, 5.41) is 16.0. The number of pyridine rings is 1. The molecule has 88 valence electrons. The minimum absolute atomic E-state index is 0.0622. The predicted molar refractivity (Wildman–Crippen MR) is 56.3 cm³/mol. The quantitative estimate of drug-likeness (QED) is 0.795. The maximum atomic E-state index is 10.8. The van der Waals surface area contributed by atoms with Gasteiger partial charge in [0.15, 0.2) is 0 Å². The second kappa shape index (κ2) is 4.60. The smallest absolute Gasteiger partial charge is 0.303 e. The van der Waals surface area contributed by atoms with E-state index in [1.165, 1.54) is 12.3 Å². The highest BCUT2D eigenvalue weighted by atomic mass is 16.4. The molecule has 2 N–H and O–H groups in total. The molecule has 0 bridgehead atoms. The van der Waals surface area contributed by atoms with Gasteiger partial charge in [0.25, 0.3) is 0 Å². The lowest BCUT2D eigenvalue weighted by Crippen LogP contribution is -2.01. The Morgan fingerprint density at radius 1 is 1.41 bits per heavy atom. The van der Waals surface area contributed by atoms with E-state index in [9.17, 15) is 9.59 Å². The molecule has 0 fully saturated rings. The summed E-state index contributed by atoms with van der Waals surface area (Å²) >= 11 is 0. The number of carboxylic acids is 1. The number of H-pyrrole nitrogens is 1. The number of rotatable bonds is 4. The van der Waals surface area contributed by atoms with E-state index in [-0.39, 0.29) is 30.2 Å². The van der Waals surface area contributed by atoms with E-state index in [1.54, 1.807) is 6.07 Å². The molecule has 0 aliphatic heterocycles. The average Bonchev–Trinajstić information content (AvgIpc) is 2.76. The molecule has 0 aliphatic rings. The molecule has 0 unspecified atom stereocenters. The fourth-order valence-electron chi connectivity index (χ4n) is 1.23. The van der Waals surface area contributed by atoms with Crippen LogP contribution in [0.5, 0.6) is 0 Å². The summed E-state index contributed by atoms with van der Waals surface area (Å²) in [5.74, 6) is -0.413. The number of aromatic nitrogens is 3. The van der Waals surface area contributed by atoms with Crippen molar-refractivity contribution in [3.05, 3.63) is 34.6 Å². The molecule has 0 saturated heterocycles. The zero-order valence-corrected chi connectivity index (χ0v) is 8.71. The van der Waals surface area contributed by atoms with Gasteiger partial charge in [-0.3, -0.25) is 9.59 Å². The zero-order valence-electron chi connectivity index (χ0n) is 8.71. The number of hydrogen-bond acceptors (Lipinski definition) is 5. The van der Waals surface area contributed by atoms with E-state index in [2.05, 4.69) is 15.2 Å². The molecule has 0 aliphatic carbocycles. The summed E-state index contributed by atoms with van der Waals surface area (Å²) in [4.78, 5) is 23.7. The van der Waals surface area contributed by atoms with Gasteiger partial charge in [-0.2, -0.15) is 0 Å². The Balaban J connectivity index is 2.15. The van der Waals surface area contributed by atoms with Crippen LogP contribution in [0, 0.1) is 0 Å². The maximum absolute atomic E-state index is 10.8. The monoisotopic (exact) mass is 235 g/mol. The van der Waals surface area contributed by atoms with E-state index in [4.69, 9.17) is 9.52 Å². The molecule has 0 atom stereocenters. The van der Waals surface area contributed by atoms with Gasteiger partial charge < -0.3 is 14.5 Å². The Labute approximate surface area is 95.1 Å². The molecular weight excluding hydrogens is 226 g/mol. The lowest BCUT2D eigenvalue weighted by atomic mass is 10.3. The number of carbonyl (C=O) groups is 1. The van der Waals surface area contributed by atoms with Crippen LogP contribution in [0.15, 0.2) is 27.5 Å². The minimum Gasteiger partial charge on any atom is -0.481 e. The van der Waals surface area contributed by atoms with Gasteiger partial charge in [0.2, 0.25) is 17.3 Å². The van der Waals surface area contributed by atoms with E-state index in [0.29, 0.717) is 5.56 Å². The Hall–Kier alpha value is -2.44. The Morgan fingerprint density at radius 2 is 2.24 bits per heavy atom. The first kappa shape index (κ1) is 11.1. The van der Waals surface area contributed by atoms with Crippen molar-refractivity contribution in [2.45, 2.75) is 12.8 Å². The molecule has 0 amide bonds. The van der Waals surface area contributed by atoms with E-state index in [1.807, 2.05) is 0 Å². The van der Waals surface area contributed by atoms with Crippen molar-refractivity contribution in [3.8, 4) is 11.5 Å². The molecular formula is C10H9N3O4. The van der Waals surface area contributed by atoms with E-state index >= 15 is 0 Å². The van der Waals surface area contributed by atoms with Crippen LogP contribution in [0.25, 0.3) is 11.5 Å².